The highest BCUT2D eigenvalue weighted by molar-refractivity contribution is 8.00. The van der Waals surface area contributed by atoms with E-state index in [2.05, 4.69) is 27.4 Å². The van der Waals surface area contributed by atoms with Crippen molar-refractivity contribution < 1.29 is 24.3 Å². The standard InChI is InChI=1S/C33H27N5O5S2.C12H23N/c1-2-20-18-44-30-26(29(40)38(30)27(20)31(41)42)36-28(39)25(24-19-45-32(34)35-24)37-43-33(21-12-6-3-7-13-21,22-14-8-4-9-15-22)23-16-10-5-11-17-23;1-3-7-11(8-4-1)13-12-9-5-2-6-10-12/h2-17,19,26,30H,1,18H2,(H2,34,35)(H,36,39)(H,41,42);11-13H,1-10H2/t26?,30-;/m1./s1. The fraction of sp³-hybridized carbons (Fsp3) is 0.356. The molecular weight excluding hydrogens is 769 g/mol. The average Bonchev–Trinajstić information content (AvgIpc) is 3.70. The topological polar surface area (TPSA) is 159 Å². The van der Waals surface area contributed by atoms with Crippen LogP contribution in [0, 0.1) is 0 Å². The number of nitrogens with two attached hydrogens (primary N) is 1. The maximum absolute atomic E-state index is 13.9. The number of thiazole rings is 1. The quantitative estimate of drug-likeness (QED) is 0.0489. The van der Waals surface area contributed by atoms with Crippen LogP contribution in [0.5, 0.6) is 0 Å². The molecule has 0 radical (unpaired) electrons. The Morgan fingerprint density at radius 2 is 1.38 bits per heavy atom. The summed E-state index contributed by atoms with van der Waals surface area (Å²) in [5, 5.41) is 22.0. The van der Waals surface area contributed by atoms with E-state index in [0.717, 1.165) is 40.1 Å². The number of rotatable bonds is 12. The third-order valence-corrected chi connectivity index (χ3v) is 13.2. The Labute approximate surface area is 347 Å². The smallest absolute Gasteiger partial charge is 0.352 e. The van der Waals surface area contributed by atoms with Crippen molar-refractivity contribution in [2.45, 2.75) is 93.3 Å². The average molecular weight is 819 g/mol. The molecule has 3 fully saturated rings. The van der Waals surface area contributed by atoms with Gasteiger partial charge in [0.05, 0.1) is 0 Å². The van der Waals surface area contributed by atoms with E-state index in [1.165, 1.54) is 86.9 Å². The molecule has 13 heteroatoms. The molecule has 2 saturated carbocycles. The molecule has 3 heterocycles. The molecule has 4 aromatic rings. The van der Waals surface area contributed by atoms with Crippen LogP contribution in [0.1, 0.15) is 86.6 Å². The van der Waals surface area contributed by atoms with Gasteiger partial charge < -0.3 is 26.3 Å². The summed E-state index contributed by atoms with van der Waals surface area (Å²) < 4.78 is 0. The summed E-state index contributed by atoms with van der Waals surface area (Å²) in [4.78, 5) is 51.1. The highest BCUT2D eigenvalue weighted by Gasteiger charge is 2.54. The zero-order valence-electron chi connectivity index (χ0n) is 32.4. The van der Waals surface area contributed by atoms with Crippen molar-refractivity contribution in [1.29, 1.82) is 0 Å². The minimum atomic E-state index is -1.28. The van der Waals surface area contributed by atoms with Crippen LogP contribution in [0.2, 0.25) is 0 Å². The first kappa shape index (κ1) is 40.9. The third kappa shape index (κ3) is 8.91. The molecule has 1 unspecified atom stereocenters. The highest BCUT2D eigenvalue weighted by Crippen LogP contribution is 2.42. The number of benzene rings is 3. The van der Waals surface area contributed by atoms with E-state index in [4.69, 9.17) is 10.6 Å². The first-order valence-electron chi connectivity index (χ1n) is 20.0. The monoisotopic (exact) mass is 818 g/mol. The van der Waals surface area contributed by atoms with Crippen LogP contribution in [0.3, 0.4) is 0 Å². The number of thioether (sulfide) groups is 1. The predicted octanol–water partition coefficient (Wildman–Crippen LogP) is 7.60. The number of oxime groups is 1. The summed E-state index contributed by atoms with van der Waals surface area (Å²) in [5.41, 5.74) is 7.23. The summed E-state index contributed by atoms with van der Waals surface area (Å²) in [6, 6.07) is 29.3. The van der Waals surface area contributed by atoms with E-state index in [-0.39, 0.29) is 22.2 Å². The van der Waals surface area contributed by atoms with Gasteiger partial charge in [0.2, 0.25) is 5.60 Å². The number of carboxylic acids is 1. The van der Waals surface area contributed by atoms with Crippen molar-refractivity contribution >= 4 is 51.7 Å². The van der Waals surface area contributed by atoms with Crippen LogP contribution in [0.25, 0.3) is 0 Å². The fourth-order valence-corrected chi connectivity index (χ4v) is 10.2. The lowest BCUT2D eigenvalue weighted by Gasteiger charge is -2.49. The van der Waals surface area contributed by atoms with E-state index < -0.39 is 34.8 Å². The van der Waals surface area contributed by atoms with Gasteiger partial charge in [-0.25, -0.2) is 9.78 Å². The third-order valence-electron chi connectivity index (χ3n) is 11.2. The number of β-lactam (4-membered cyclic amide) rings is 1. The molecule has 4 aliphatic rings. The number of nitrogens with zero attached hydrogens (tertiary/aromatic N) is 3. The molecule has 2 aliphatic heterocycles. The number of hydrogen-bond acceptors (Lipinski definition) is 10. The van der Waals surface area contributed by atoms with Crippen LogP contribution >= 0.6 is 23.1 Å². The van der Waals surface area contributed by atoms with Gasteiger partial charge in [0.15, 0.2) is 10.8 Å². The van der Waals surface area contributed by atoms with E-state index in [0.29, 0.717) is 11.3 Å². The molecule has 1 aromatic heterocycles. The second-order valence-electron chi connectivity index (χ2n) is 15.0. The molecule has 2 amide bonds. The fourth-order valence-electron chi connectivity index (χ4n) is 8.27. The van der Waals surface area contributed by atoms with E-state index >= 15 is 0 Å². The summed E-state index contributed by atoms with van der Waals surface area (Å²) in [5.74, 6) is -2.19. The van der Waals surface area contributed by atoms with E-state index in [1.54, 1.807) is 5.38 Å². The molecular formula is C45H50N6O5S2. The molecule has 11 nitrogen and oxygen atoms in total. The Hall–Kier alpha value is -5.24. The summed E-state index contributed by atoms with van der Waals surface area (Å²) in [6.45, 7) is 3.67. The Bertz CT molecular complexity index is 2000. The van der Waals surface area contributed by atoms with Crippen molar-refractivity contribution in [3.63, 3.8) is 0 Å². The number of hydrogen-bond donors (Lipinski definition) is 4. The number of carbonyl (C=O) groups is 3. The maximum Gasteiger partial charge on any atom is 0.352 e. The number of nitrogen functional groups attached to an aromatic ring is 1. The summed E-state index contributed by atoms with van der Waals surface area (Å²) in [7, 11) is 0. The summed E-state index contributed by atoms with van der Waals surface area (Å²) >= 11 is 2.46. The number of fused-ring (bicyclic) bond motifs is 1. The van der Waals surface area contributed by atoms with Crippen LogP contribution in [0.4, 0.5) is 5.13 Å². The van der Waals surface area contributed by atoms with Gasteiger partial charge in [-0.05, 0) is 31.3 Å². The number of amides is 2. The van der Waals surface area contributed by atoms with Crippen molar-refractivity contribution in [2.75, 3.05) is 11.5 Å². The van der Waals surface area contributed by atoms with Gasteiger partial charge in [-0.2, -0.15) is 0 Å². The Morgan fingerprint density at radius 3 is 1.83 bits per heavy atom. The maximum atomic E-state index is 13.9. The van der Waals surface area contributed by atoms with Crippen molar-refractivity contribution in [2.24, 2.45) is 5.16 Å². The van der Waals surface area contributed by atoms with Gasteiger partial charge in [0, 0.05) is 39.9 Å². The molecule has 5 N–H and O–H groups in total. The van der Waals surface area contributed by atoms with Crippen molar-refractivity contribution in [3.05, 3.63) is 143 Å². The lowest BCUT2D eigenvalue weighted by molar-refractivity contribution is -0.150. The van der Waals surface area contributed by atoms with Gasteiger partial charge >= 0.3 is 5.97 Å². The van der Waals surface area contributed by atoms with E-state index in [1.807, 2.05) is 91.0 Å². The molecule has 2 atom stereocenters. The molecule has 58 heavy (non-hydrogen) atoms. The van der Waals surface area contributed by atoms with Gasteiger partial charge in [-0.1, -0.05) is 147 Å². The van der Waals surface area contributed by atoms with Crippen molar-refractivity contribution in [1.82, 2.24) is 20.5 Å². The Balaban J connectivity index is 0.000000333. The molecule has 8 rings (SSSR count). The lowest BCUT2D eigenvalue weighted by atomic mass is 9.80. The molecule has 0 spiro atoms. The number of aromatic nitrogens is 1. The summed E-state index contributed by atoms with van der Waals surface area (Å²) in [6.07, 6.45) is 16.0. The first-order chi connectivity index (χ1) is 28.3. The number of carbonyl (C=O) groups excluding carboxylic acids is 2. The minimum absolute atomic E-state index is 0.132. The zero-order valence-corrected chi connectivity index (χ0v) is 34.1. The van der Waals surface area contributed by atoms with Gasteiger partial charge in [0.25, 0.3) is 11.8 Å². The number of carboxylic acid groups (broad SMARTS) is 1. The Kier molecular flexibility index (Phi) is 13.4. The second-order valence-corrected chi connectivity index (χ2v) is 17.0. The van der Waals surface area contributed by atoms with Crippen LogP contribution < -0.4 is 16.4 Å². The largest absolute Gasteiger partial charge is 0.477 e. The number of nitrogens with one attached hydrogen (secondary N) is 2. The van der Waals surface area contributed by atoms with Gasteiger partial charge in [-0.15, -0.1) is 23.1 Å². The molecule has 302 valence electrons. The molecule has 0 bridgehead atoms. The Morgan fingerprint density at radius 1 is 0.862 bits per heavy atom. The number of aliphatic carboxylic acids is 1. The first-order valence-corrected chi connectivity index (χ1v) is 22.0. The predicted molar refractivity (Wildman–Crippen MR) is 230 cm³/mol. The minimum Gasteiger partial charge on any atom is -0.477 e. The number of allylic oxidation sites excluding steroid dienone is 1. The zero-order chi connectivity index (χ0) is 40.5. The lowest BCUT2D eigenvalue weighted by Crippen LogP contribution is -2.71. The van der Waals surface area contributed by atoms with Gasteiger partial charge in [-0.3, -0.25) is 14.5 Å². The van der Waals surface area contributed by atoms with E-state index in [9.17, 15) is 19.5 Å². The number of anilines is 1. The van der Waals surface area contributed by atoms with Crippen LogP contribution in [-0.4, -0.2) is 67.7 Å². The normalized spacial score (nSPS) is 20.2. The molecule has 1 saturated heterocycles. The van der Waals surface area contributed by atoms with Crippen molar-refractivity contribution in [3.8, 4) is 0 Å². The second kappa shape index (κ2) is 19.0. The van der Waals surface area contributed by atoms with Crippen LogP contribution in [-0.2, 0) is 24.8 Å². The molecule has 2 aliphatic carbocycles. The highest BCUT2D eigenvalue weighted by atomic mass is 32.2. The van der Waals surface area contributed by atoms with Gasteiger partial charge in [0.1, 0.15) is 22.8 Å². The SMILES string of the molecule is C1CCC(NC2CCCCC2)CC1.C=CC1=C(C(=O)O)N2C(=O)C(NC(=O)C(=NOC(c3ccccc3)(c3ccccc3)c3ccccc3)c3csc(N)n3)[C@H]2SC1. The van der Waals surface area contributed by atoms with Crippen LogP contribution in [0.15, 0.2) is 125 Å². The molecule has 3 aromatic carbocycles.